The van der Waals surface area contributed by atoms with E-state index < -0.39 is 0 Å². The van der Waals surface area contributed by atoms with E-state index in [4.69, 9.17) is 0 Å². The highest BCUT2D eigenvalue weighted by Gasteiger charge is 2.39. The third-order valence-corrected chi connectivity index (χ3v) is 4.82. The van der Waals surface area contributed by atoms with Crippen LogP contribution < -0.4 is 5.32 Å². The SMILES string of the molecule is CC1NC(c2ccccc2)C(=O)N1CC(C)N(C)C1CC1. The van der Waals surface area contributed by atoms with Crippen molar-refractivity contribution in [2.75, 3.05) is 13.6 Å². The van der Waals surface area contributed by atoms with Gasteiger partial charge in [-0.1, -0.05) is 30.3 Å². The molecule has 2 aliphatic rings. The Morgan fingerprint density at radius 3 is 2.62 bits per heavy atom. The van der Waals surface area contributed by atoms with Crippen molar-refractivity contribution in [1.29, 1.82) is 0 Å². The van der Waals surface area contributed by atoms with Gasteiger partial charge in [0.25, 0.3) is 0 Å². The van der Waals surface area contributed by atoms with Gasteiger partial charge in [0.15, 0.2) is 0 Å². The first-order valence-electron chi connectivity index (χ1n) is 7.91. The molecule has 4 nitrogen and oxygen atoms in total. The number of nitrogens with zero attached hydrogens (tertiary/aromatic N) is 2. The fourth-order valence-electron chi connectivity index (χ4n) is 3.15. The first kappa shape index (κ1) is 14.5. The number of hydrogen-bond donors (Lipinski definition) is 1. The summed E-state index contributed by atoms with van der Waals surface area (Å²) < 4.78 is 0. The van der Waals surface area contributed by atoms with Crippen LogP contribution in [0.3, 0.4) is 0 Å². The van der Waals surface area contributed by atoms with E-state index in [0.717, 1.165) is 18.2 Å². The van der Waals surface area contributed by atoms with Gasteiger partial charge >= 0.3 is 0 Å². The van der Waals surface area contributed by atoms with Crippen LogP contribution in [-0.2, 0) is 4.79 Å². The van der Waals surface area contributed by atoms with E-state index in [0.29, 0.717) is 6.04 Å². The molecule has 0 spiro atoms. The second-order valence-corrected chi connectivity index (χ2v) is 6.42. The van der Waals surface area contributed by atoms with Gasteiger partial charge in [-0.25, -0.2) is 0 Å². The van der Waals surface area contributed by atoms with E-state index in [2.05, 4.69) is 31.1 Å². The molecule has 1 N–H and O–H groups in total. The summed E-state index contributed by atoms with van der Waals surface area (Å²) >= 11 is 0. The summed E-state index contributed by atoms with van der Waals surface area (Å²) in [4.78, 5) is 17.1. The van der Waals surface area contributed by atoms with Crippen molar-refractivity contribution in [2.24, 2.45) is 0 Å². The molecule has 1 saturated carbocycles. The molecular weight excluding hydrogens is 262 g/mol. The molecule has 2 fully saturated rings. The third kappa shape index (κ3) is 2.97. The van der Waals surface area contributed by atoms with Gasteiger partial charge in [-0.05, 0) is 39.3 Å². The molecule has 0 bridgehead atoms. The number of hydrogen-bond acceptors (Lipinski definition) is 3. The maximum Gasteiger partial charge on any atom is 0.245 e. The lowest BCUT2D eigenvalue weighted by molar-refractivity contribution is -0.130. The van der Waals surface area contributed by atoms with Crippen LogP contribution in [-0.4, -0.2) is 47.5 Å². The molecule has 114 valence electrons. The van der Waals surface area contributed by atoms with Gasteiger partial charge in [0.2, 0.25) is 5.91 Å². The molecule has 3 rings (SSSR count). The minimum Gasteiger partial charge on any atom is -0.324 e. The van der Waals surface area contributed by atoms with Crippen molar-refractivity contribution < 1.29 is 4.79 Å². The average molecular weight is 287 g/mol. The zero-order valence-electron chi connectivity index (χ0n) is 13.1. The zero-order valence-corrected chi connectivity index (χ0v) is 13.1. The van der Waals surface area contributed by atoms with Crippen molar-refractivity contribution in [3.63, 3.8) is 0 Å². The molecule has 0 aromatic heterocycles. The largest absolute Gasteiger partial charge is 0.324 e. The molecule has 1 saturated heterocycles. The van der Waals surface area contributed by atoms with Gasteiger partial charge in [0.1, 0.15) is 6.04 Å². The highest BCUT2D eigenvalue weighted by molar-refractivity contribution is 5.85. The highest BCUT2D eigenvalue weighted by Crippen LogP contribution is 2.29. The highest BCUT2D eigenvalue weighted by atomic mass is 16.2. The predicted octanol–water partition coefficient (Wildman–Crippen LogP) is 1.99. The number of likely N-dealkylation sites (N-methyl/N-ethyl adjacent to an activating group) is 1. The Morgan fingerprint density at radius 2 is 2.00 bits per heavy atom. The number of amides is 1. The fraction of sp³-hybridized carbons (Fsp3) is 0.588. The van der Waals surface area contributed by atoms with Crippen LogP contribution in [0.2, 0.25) is 0 Å². The molecule has 4 heteroatoms. The van der Waals surface area contributed by atoms with Crippen molar-refractivity contribution in [1.82, 2.24) is 15.1 Å². The summed E-state index contributed by atoms with van der Waals surface area (Å²) in [6.45, 7) is 5.09. The van der Waals surface area contributed by atoms with Crippen molar-refractivity contribution in [3.05, 3.63) is 35.9 Å². The molecule has 0 radical (unpaired) electrons. The summed E-state index contributed by atoms with van der Waals surface area (Å²) in [5, 5.41) is 3.42. The molecule has 1 heterocycles. The lowest BCUT2D eigenvalue weighted by Gasteiger charge is -2.30. The van der Waals surface area contributed by atoms with Crippen LogP contribution in [0, 0.1) is 0 Å². The molecular formula is C17H25N3O. The van der Waals surface area contributed by atoms with Crippen molar-refractivity contribution in [3.8, 4) is 0 Å². The molecule has 1 aliphatic carbocycles. The summed E-state index contributed by atoms with van der Waals surface area (Å²) in [7, 11) is 2.18. The van der Waals surface area contributed by atoms with Crippen LogP contribution in [0.4, 0.5) is 0 Å². The van der Waals surface area contributed by atoms with Crippen LogP contribution in [0.1, 0.15) is 38.3 Å². The van der Waals surface area contributed by atoms with Gasteiger partial charge in [0, 0.05) is 18.6 Å². The van der Waals surface area contributed by atoms with Gasteiger partial charge in [-0.2, -0.15) is 0 Å². The minimum atomic E-state index is -0.195. The minimum absolute atomic E-state index is 0.0951. The van der Waals surface area contributed by atoms with Gasteiger partial charge < -0.3 is 4.90 Å². The maximum atomic E-state index is 12.7. The summed E-state index contributed by atoms with van der Waals surface area (Å²) in [5.41, 5.74) is 1.06. The van der Waals surface area contributed by atoms with Crippen LogP contribution in [0.5, 0.6) is 0 Å². The van der Waals surface area contributed by atoms with E-state index in [1.54, 1.807) is 0 Å². The number of carbonyl (C=O) groups excluding carboxylic acids is 1. The van der Waals surface area contributed by atoms with E-state index in [9.17, 15) is 4.79 Å². The molecule has 21 heavy (non-hydrogen) atoms. The smallest absolute Gasteiger partial charge is 0.245 e. The molecule has 3 unspecified atom stereocenters. The second kappa shape index (κ2) is 5.78. The Hall–Kier alpha value is -1.39. The molecule has 1 aliphatic heterocycles. The summed E-state index contributed by atoms with van der Waals surface area (Å²) in [6.07, 6.45) is 2.70. The topological polar surface area (TPSA) is 35.6 Å². The first-order chi connectivity index (χ1) is 10.1. The Balaban J connectivity index is 1.67. The van der Waals surface area contributed by atoms with Crippen LogP contribution >= 0.6 is 0 Å². The van der Waals surface area contributed by atoms with Crippen molar-refractivity contribution >= 4 is 5.91 Å². The quantitative estimate of drug-likeness (QED) is 0.899. The number of carbonyl (C=O) groups is 1. The Labute approximate surface area is 127 Å². The normalized spacial score (nSPS) is 27.4. The van der Waals surface area contributed by atoms with Gasteiger partial charge in [-0.3, -0.25) is 15.0 Å². The monoisotopic (exact) mass is 287 g/mol. The Morgan fingerprint density at radius 1 is 1.33 bits per heavy atom. The summed E-state index contributed by atoms with van der Waals surface area (Å²) in [5.74, 6) is 0.199. The van der Waals surface area contributed by atoms with Gasteiger partial charge in [0.05, 0.1) is 6.17 Å². The standard InChI is InChI=1S/C17H25N3O/c1-12(19(3)15-9-10-15)11-20-13(2)18-16(17(20)21)14-7-5-4-6-8-14/h4-8,12-13,15-16,18H,9-11H2,1-3H3. The van der Waals surface area contributed by atoms with E-state index in [1.165, 1.54) is 12.8 Å². The van der Waals surface area contributed by atoms with Gasteiger partial charge in [-0.15, -0.1) is 0 Å². The lowest BCUT2D eigenvalue weighted by Crippen LogP contribution is -2.45. The fourth-order valence-corrected chi connectivity index (χ4v) is 3.15. The molecule has 1 aromatic rings. The van der Waals surface area contributed by atoms with E-state index >= 15 is 0 Å². The van der Waals surface area contributed by atoms with E-state index in [1.807, 2.05) is 35.2 Å². The number of rotatable bonds is 5. The predicted molar refractivity (Wildman–Crippen MR) is 83.7 cm³/mol. The maximum absolute atomic E-state index is 12.7. The van der Waals surface area contributed by atoms with Crippen molar-refractivity contribution in [2.45, 2.75) is 51.0 Å². The second-order valence-electron chi connectivity index (χ2n) is 6.42. The third-order valence-electron chi connectivity index (χ3n) is 4.82. The molecule has 1 aromatic carbocycles. The Kier molecular flexibility index (Phi) is 4.00. The average Bonchev–Trinajstić information content (AvgIpc) is 3.30. The first-order valence-corrected chi connectivity index (χ1v) is 7.91. The lowest BCUT2D eigenvalue weighted by atomic mass is 10.1. The zero-order chi connectivity index (χ0) is 15.0. The summed E-state index contributed by atoms with van der Waals surface area (Å²) in [6, 6.07) is 10.9. The van der Waals surface area contributed by atoms with Crippen LogP contribution in [0.15, 0.2) is 30.3 Å². The Bertz CT molecular complexity index is 500. The number of benzene rings is 1. The van der Waals surface area contributed by atoms with E-state index in [-0.39, 0.29) is 18.1 Å². The number of nitrogens with one attached hydrogen (secondary N) is 1. The molecule has 3 atom stereocenters. The molecule has 1 amide bonds. The van der Waals surface area contributed by atoms with Crippen LogP contribution in [0.25, 0.3) is 0 Å².